The Morgan fingerprint density at radius 2 is 2.12 bits per heavy atom. The predicted molar refractivity (Wildman–Crippen MR) is 70.8 cm³/mol. The largest absolute Gasteiger partial charge is 0.385 e. The number of rotatable bonds is 6. The molecule has 0 aliphatic heterocycles. The van der Waals surface area contributed by atoms with Crippen LogP contribution in [0.2, 0.25) is 0 Å². The van der Waals surface area contributed by atoms with Crippen molar-refractivity contribution in [2.75, 3.05) is 18.4 Å². The molecule has 0 aliphatic carbocycles. The summed E-state index contributed by atoms with van der Waals surface area (Å²) in [6.07, 6.45) is 0. The highest BCUT2D eigenvalue weighted by Crippen LogP contribution is 2.14. The fourth-order valence-corrected chi connectivity index (χ4v) is 1.62. The third-order valence-corrected chi connectivity index (χ3v) is 2.96. The number of hydrogen-bond acceptors (Lipinski definition) is 3. The van der Waals surface area contributed by atoms with Gasteiger partial charge in [0.25, 0.3) is 0 Å². The summed E-state index contributed by atoms with van der Waals surface area (Å²) < 4.78 is 0. The zero-order chi connectivity index (χ0) is 12.8. The van der Waals surface area contributed by atoms with Gasteiger partial charge in [-0.1, -0.05) is 19.9 Å². The first-order valence-corrected chi connectivity index (χ1v) is 5.88. The molecule has 0 heterocycles. The number of anilines is 1. The van der Waals surface area contributed by atoms with Gasteiger partial charge in [-0.2, -0.15) is 0 Å². The number of amides is 1. The highest BCUT2D eigenvalue weighted by Gasteiger charge is 2.11. The summed E-state index contributed by atoms with van der Waals surface area (Å²) in [7, 11) is 0. The second kappa shape index (κ2) is 6.25. The number of carbonyl (C=O) groups is 1. The van der Waals surface area contributed by atoms with Gasteiger partial charge in [0.2, 0.25) is 5.91 Å². The molecule has 1 aromatic carbocycles. The summed E-state index contributed by atoms with van der Waals surface area (Å²) in [5.74, 6) is 0.548. The number of carbonyl (C=O) groups excluding carboxylic acids is 1. The molecule has 0 radical (unpaired) electrons. The number of hydrogen-bond donors (Lipinski definition) is 3. The van der Waals surface area contributed by atoms with Crippen LogP contribution < -0.4 is 16.8 Å². The van der Waals surface area contributed by atoms with E-state index in [-0.39, 0.29) is 0 Å². The molecule has 1 atom stereocenters. The molecule has 4 heteroatoms. The van der Waals surface area contributed by atoms with Gasteiger partial charge in [0.15, 0.2) is 0 Å². The van der Waals surface area contributed by atoms with E-state index in [1.165, 1.54) is 0 Å². The molecule has 0 aliphatic rings. The number of benzene rings is 1. The predicted octanol–water partition coefficient (Wildman–Crippen LogP) is 1.43. The van der Waals surface area contributed by atoms with Gasteiger partial charge < -0.3 is 16.8 Å². The summed E-state index contributed by atoms with van der Waals surface area (Å²) in [5, 5.41) is 3.28. The van der Waals surface area contributed by atoms with E-state index in [0.29, 0.717) is 23.9 Å². The van der Waals surface area contributed by atoms with Crippen molar-refractivity contribution in [1.82, 2.24) is 0 Å². The Bertz CT molecular complexity index is 377. The van der Waals surface area contributed by atoms with E-state index < -0.39 is 5.91 Å². The zero-order valence-electron chi connectivity index (χ0n) is 10.4. The van der Waals surface area contributed by atoms with E-state index in [9.17, 15) is 4.79 Å². The molecule has 0 spiro atoms. The second-order valence-electron chi connectivity index (χ2n) is 4.57. The molecule has 94 valence electrons. The Hall–Kier alpha value is -1.55. The van der Waals surface area contributed by atoms with Gasteiger partial charge in [0, 0.05) is 17.8 Å². The monoisotopic (exact) mass is 235 g/mol. The van der Waals surface area contributed by atoms with Crippen LogP contribution in [-0.4, -0.2) is 19.0 Å². The topological polar surface area (TPSA) is 81.1 Å². The maximum atomic E-state index is 11.0. The molecule has 1 unspecified atom stereocenters. The van der Waals surface area contributed by atoms with Crippen LogP contribution in [-0.2, 0) is 0 Å². The van der Waals surface area contributed by atoms with Crippen LogP contribution in [0.5, 0.6) is 0 Å². The Balaban J connectivity index is 2.62. The summed E-state index contributed by atoms with van der Waals surface area (Å²) in [4.78, 5) is 11.0. The SMILES string of the molecule is CC(C)C(CN)CNc1cccc(C(N)=O)c1. The Morgan fingerprint density at radius 3 is 2.65 bits per heavy atom. The molecule has 1 rings (SSSR count). The minimum atomic E-state index is -0.409. The summed E-state index contributed by atoms with van der Waals surface area (Å²) >= 11 is 0. The minimum absolute atomic E-state index is 0.409. The number of nitrogens with one attached hydrogen (secondary N) is 1. The molecule has 0 saturated heterocycles. The Labute approximate surface area is 102 Å². The van der Waals surface area contributed by atoms with Crippen molar-refractivity contribution in [3.8, 4) is 0 Å². The van der Waals surface area contributed by atoms with Crippen LogP contribution in [0.25, 0.3) is 0 Å². The van der Waals surface area contributed by atoms with Crippen molar-refractivity contribution in [3.63, 3.8) is 0 Å². The molecular weight excluding hydrogens is 214 g/mol. The minimum Gasteiger partial charge on any atom is -0.385 e. The van der Waals surface area contributed by atoms with E-state index in [1.807, 2.05) is 12.1 Å². The van der Waals surface area contributed by atoms with Gasteiger partial charge in [0.05, 0.1) is 0 Å². The van der Waals surface area contributed by atoms with Crippen molar-refractivity contribution in [2.45, 2.75) is 13.8 Å². The first-order valence-electron chi connectivity index (χ1n) is 5.88. The van der Waals surface area contributed by atoms with E-state index in [1.54, 1.807) is 12.1 Å². The smallest absolute Gasteiger partial charge is 0.248 e. The van der Waals surface area contributed by atoms with Crippen molar-refractivity contribution in [2.24, 2.45) is 23.3 Å². The standard InChI is InChI=1S/C13H21N3O/c1-9(2)11(7-14)8-16-12-5-3-4-10(6-12)13(15)17/h3-6,9,11,16H,7-8,14H2,1-2H3,(H2,15,17). The number of primary amides is 1. The van der Waals surface area contributed by atoms with Gasteiger partial charge in [-0.05, 0) is 36.6 Å². The molecule has 0 saturated carbocycles. The first kappa shape index (κ1) is 13.5. The van der Waals surface area contributed by atoms with Crippen molar-refractivity contribution in [3.05, 3.63) is 29.8 Å². The maximum absolute atomic E-state index is 11.0. The van der Waals surface area contributed by atoms with Crippen LogP contribution in [0.15, 0.2) is 24.3 Å². The molecule has 1 aromatic rings. The molecule has 0 bridgehead atoms. The molecule has 4 nitrogen and oxygen atoms in total. The van der Waals surface area contributed by atoms with Crippen LogP contribution in [0.3, 0.4) is 0 Å². The van der Waals surface area contributed by atoms with Crippen molar-refractivity contribution in [1.29, 1.82) is 0 Å². The first-order chi connectivity index (χ1) is 8.04. The van der Waals surface area contributed by atoms with E-state index in [0.717, 1.165) is 12.2 Å². The lowest BCUT2D eigenvalue weighted by molar-refractivity contribution is 0.100. The average Bonchev–Trinajstić information content (AvgIpc) is 2.29. The van der Waals surface area contributed by atoms with E-state index in [4.69, 9.17) is 11.5 Å². The molecule has 0 fully saturated rings. The maximum Gasteiger partial charge on any atom is 0.248 e. The molecule has 17 heavy (non-hydrogen) atoms. The highest BCUT2D eigenvalue weighted by molar-refractivity contribution is 5.93. The van der Waals surface area contributed by atoms with Crippen LogP contribution >= 0.6 is 0 Å². The van der Waals surface area contributed by atoms with Gasteiger partial charge in [-0.3, -0.25) is 4.79 Å². The number of nitrogens with two attached hydrogens (primary N) is 2. The summed E-state index contributed by atoms with van der Waals surface area (Å²) in [6, 6.07) is 7.20. The van der Waals surface area contributed by atoms with Gasteiger partial charge in [0.1, 0.15) is 0 Å². The lowest BCUT2D eigenvalue weighted by atomic mass is 9.96. The van der Waals surface area contributed by atoms with Gasteiger partial charge in [-0.15, -0.1) is 0 Å². The van der Waals surface area contributed by atoms with Crippen LogP contribution in [0.1, 0.15) is 24.2 Å². The zero-order valence-corrected chi connectivity index (χ0v) is 10.4. The molecular formula is C13H21N3O. The summed E-state index contributed by atoms with van der Waals surface area (Å²) in [5.41, 5.74) is 12.3. The quantitative estimate of drug-likeness (QED) is 0.697. The van der Waals surface area contributed by atoms with Gasteiger partial charge >= 0.3 is 0 Å². The van der Waals surface area contributed by atoms with E-state index in [2.05, 4.69) is 19.2 Å². The van der Waals surface area contributed by atoms with E-state index >= 15 is 0 Å². The average molecular weight is 235 g/mol. The lowest BCUT2D eigenvalue weighted by Gasteiger charge is -2.20. The normalized spacial score (nSPS) is 12.5. The Kier molecular flexibility index (Phi) is 4.97. The fourth-order valence-electron chi connectivity index (χ4n) is 1.62. The van der Waals surface area contributed by atoms with Crippen molar-refractivity contribution >= 4 is 11.6 Å². The summed E-state index contributed by atoms with van der Waals surface area (Å²) in [6.45, 7) is 5.76. The second-order valence-corrected chi connectivity index (χ2v) is 4.57. The van der Waals surface area contributed by atoms with Crippen molar-refractivity contribution < 1.29 is 4.79 Å². The van der Waals surface area contributed by atoms with Crippen LogP contribution in [0, 0.1) is 11.8 Å². The Morgan fingerprint density at radius 1 is 1.41 bits per heavy atom. The highest BCUT2D eigenvalue weighted by atomic mass is 16.1. The molecule has 5 N–H and O–H groups in total. The molecule has 1 amide bonds. The van der Waals surface area contributed by atoms with Gasteiger partial charge in [-0.25, -0.2) is 0 Å². The molecule has 0 aromatic heterocycles. The van der Waals surface area contributed by atoms with Crippen LogP contribution in [0.4, 0.5) is 5.69 Å². The lowest BCUT2D eigenvalue weighted by Crippen LogP contribution is -2.27. The fraction of sp³-hybridized carbons (Fsp3) is 0.462. The third kappa shape index (κ3) is 4.07. The third-order valence-electron chi connectivity index (χ3n) is 2.96.